The predicted octanol–water partition coefficient (Wildman–Crippen LogP) is 16.0. The van der Waals surface area contributed by atoms with Gasteiger partial charge in [0.1, 0.15) is 5.58 Å². The maximum atomic E-state index is 6.58. The molecular weight excluding hydrogens is 999 g/mol. The molecule has 0 spiro atoms. The standard InChI is InChI=1S/C45H35N2O.C15H18NSi.Ir/c1-27(2)37-25-32(29-12-6-5-7-13-29)26-38(28(3)4)43(37)47-41-17-11-10-16-40(41)46-45(47)31-19-23-42-39(24-31)36-22-21-34-33-15-9-8-14-30(33)18-20-35(34)44(36)48-42;1-12-5-7-13(8-6-12)15-10-9-14(11-16-15)17(2,3)4;/h5-18,20-28H,1-4H3;5-7,9-11H,1-4H3;/q2*-1;. The van der Waals surface area contributed by atoms with Crippen molar-refractivity contribution in [2.24, 2.45) is 0 Å². The Kier molecular flexibility index (Phi) is 12.3. The van der Waals surface area contributed by atoms with Crippen LogP contribution in [0.2, 0.25) is 19.6 Å². The number of furan rings is 1. The first-order valence-corrected chi connectivity index (χ1v) is 26.3. The van der Waals surface area contributed by atoms with Gasteiger partial charge in [-0.1, -0.05) is 163 Å². The van der Waals surface area contributed by atoms with Gasteiger partial charge in [-0.05, 0) is 85.4 Å². The van der Waals surface area contributed by atoms with E-state index >= 15 is 0 Å². The van der Waals surface area contributed by atoms with Crippen LogP contribution in [0.3, 0.4) is 0 Å². The molecule has 0 atom stereocenters. The van der Waals surface area contributed by atoms with Gasteiger partial charge in [-0.25, -0.2) is 0 Å². The molecule has 4 nitrogen and oxygen atoms in total. The van der Waals surface area contributed by atoms with Gasteiger partial charge in [0.25, 0.3) is 0 Å². The number of aryl methyl sites for hydroxylation is 1. The van der Waals surface area contributed by atoms with Crippen LogP contribution < -0.4 is 5.19 Å². The topological polar surface area (TPSA) is 43.9 Å². The van der Waals surface area contributed by atoms with Crippen molar-refractivity contribution in [2.75, 3.05) is 0 Å². The summed E-state index contributed by atoms with van der Waals surface area (Å²) in [5, 5.41) is 8.36. The summed E-state index contributed by atoms with van der Waals surface area (Å²) >= 11 is 0. The summed E-state index contributed by atoms with van der Waals surface area (Å²) in [4.78, 5) is 9.85. The van der Waals surface area contributed by atoms with Crippen LogP contribution in [-0.2, 0) is 20.1 Å². The first kappa shape index (κ1) is 44.8. The number of hydrogen-bond acceptors (Lipinski definition) is 3. The maximum Gasteiger partial charge on any atom is 0.128 e. The molecule has 3 aromatic heterocycles. The zero-order chi connectivity index (χ0) is 45.0. The number of hydrogen-bond donors (Lipinski definition) is 0. The van der Waals surface area contributed by atoms with Crippen molar-refractivity contribution < 1.29 is 24.5 Å². The molecule has 0 bridgehead atoms. The van der Waals surface area contributed by atoms with E-state index in [1.165, 1.54) is 54.9 Å². The summed E-state index contributed by atoms with van der Waals surface area (Å²) in [6.45, 7) is 18.2. The third-order valence-corrected chi connectivity index (χ3v) is 14.7. The monoisotopic (exact) mass is 1050 g/mol. The third-order valence-electron chi connectivity index (χ3n) is 12.7. The summed E-state index contributed by atoms with van der Waals surface area (Å²) in [5.41, 5.74) is 14.3. The summed E-state index contributed by atoms with van der Waals surface area (Å²) in [6.07, 6.45) is 2.02. The van der Waals surface area contributed by atoms with Crippen LogP contribution in [0.25, 0.3) is 94.0 Å². The zero-order valence-electron chi connectivity index (χ0n) is 38.8. The van der Waals surface area contributed by atoms with Gasteiger partial charge in [-0.3, -0.25) is 4.98 Å². The summed E-state index contributed by atoms with van der Waals surface area (Å²) in [5.74, 6) is 1.48. The van der Waals surface area contributed by atoms with Crippen LogP contribution in [-0.4, -0.2) is 22.6 Å². The van der Waals surface area contributed by atoms with Gasteiger partial charge in [-0.15, -0.1) is 59.2 Å². The van der Waals surface area contributed by atoms with Gasteiger partial charge in [0.2, 0.25) is 0 Å². The molecule has 329 valence electrons. The predicted molar refractivity (Wildman–Crippen MR) is 277 cm³/mol. The van der Waals surface area contributed by atoms with E-state index in [4.69, 9.17) is 9.40 Å². The molecule has 11 aromatic rings. The molecule has 6 heteroatoms. The summed E-state index contributed by atoms with van der Waals surface area (Å²) in [6, 6.07) is 62.9. The van der Waals surface area contributed by atoms with Crippen molar-refractivity contribution in [3.63, 3.8) is 0 Å². The second kappa shape index (κ2) is 18.1. The molecular formula is C60H53IrN3OSi-2. The largest absolute Gasteiger partial charge is 0.500 e. The Labute approximate surface area is 402 Å². The number of pyridine rings is 1. The molecule has 0 unspecified atom stereocenters. The SMILES string of the molecule is CC(C)c1cc(-c2ccccc2)cc(C(C)C)c1-n1c(-c2[c-]cc3oc4c(ccc5c6ccccc6ccc54)c3c2)nc2ccccc21.Cc1c[c-]c(-c2ccc([Si](C)(C)C)cn2)cc1.[Ir]. The molecule has 66 heavy (non-hydrogen) atoms. The summed E-state index contributed by atoms with van der Waals surface area (Å²) < 4.78 is 8.96. The van der Waals surface area contributed by atoms with E-state index in [0.29, 0.717) is 11.8 Å². The van der Waals surface area contributed by atoms with E-state index in [1.54, 1.807) is 0 Å². The minimum Gasteiger partial charge on any atom is -0.500 e. The van der Waals surface area contributed by atoms with Crippen LogP contribution in [0.4, 0.5) is 0 Å². The van der Waals surface area contributed by atoms with Crippen molar-refractivity contribution in [3.05, 3.63) is 193 Å². The molecule has 0 aliphatic heterocycles. The van der Waals surface area contributed by atoms with Crippen LogP contribution in [0.15, 0.2) is 168 Å². The van der Waals surface area contributed by atoms with Gasteiger partial charge in [0, 0.05) is 42.8 Å². The number of aromatic nitrogens is 3. The van der Waals surface area contributed by atoms with Crippen molar-refractivity contribution in [1.82, 2.24) is 14.5 Å². The number of imidazole rings is 1. The smallest absolute Gasteiger partial charge is 0.128 e. The molecule has 11 rings (SSSR count). The number of rotatable bonds is 7. The molecule has 0 N–H and O–H groups in total. The van der Waals surface area contributed by atoms with Crippen LogP contribution in [0.5, 0.6) is 0 Å². The van der Waals surface area contributed by atoms with Crippen LogP contribution in [0.1, 0.15) is 56.2 Å². The molecule has 0 saturated carbocycles. The van der Waals surface area contributed by atoms with Crippen LogP contribution >= 0.6 is 0 Å². The maximum absolute atomic E-state index is 6.58. The fraction of sp³-hybridized carbons (Fsp3) is 0.167. The molecule has 3 heterocycles. The van der Waals surface area contributed by atoms with Crippen molar-refractivity contribution in [2.45, 2.75) is 66.1 Å². The molecule has 0 fully saturated rings. The van der Waals surface area contributed by atoms with Crippen molar-refractivity contribution in [1.29, 1.82) is 0 Å². The first-order valence-electron chi connectivity index (χ1n) is 22.8. The second-order valence-corrected chi connectivity index (χ2v) is 24.0. The molecule has 0 aliphatic carbocycles. The number of fused-ring (bicyclic) bond motifs is 8. The van der Waals surface area contributed by atoms with E-state index in [9.17, 15) is 0 Å². The minimum atomic E-state index is -1.24. The number of benzene rings is 8. The van der Waals surface area contributed by atoms with Crippen LogP contribution in [0, 0.1) is 19.1 Å². The number of para-hydroxylation sites is 2. The third kappa shape index (κ3) is 8.35. The van der Waals surface area contributed by atoms with E-state index in [2.05, 4.69) is 222 Å². The number of nitrogens with zero attached hydrogens (tertiary/aromatic N) is 3. The summed E-state index contributed by atoms with van der Waals surface area (Å²) in [7, 11) is -1.24. The van der Waals surface area contributed by atoms with Gasteiger partial charge < -0.3 is 14.0 Å². The Bertz CT molecular complexity index is 3500. The van der Waals surface area contributed by atoms with E-state index in [1.807, 2.05) is 18.3 Å². The normalized spacial score (nSPS) is 11.8. The zero-order valence-corrected chi connectivity index (χ0v) is 42.2. The van der Waals surface area contributed by atoms with Crippen molar-refractivity contribution in [3.8, 4) is 39.5 Å². The van der Waals surface area contributed by atoms with Gasteiger partial charge >= 0.3 is 0 Å². The fourth-order valence-corrected chi connectivity index (χ4v) is 10.1. The van der Waals surface area contributed by atoms with E-state index in [-0.39, 0.29) is 20.1 Å². The fourth-order valence-electron chi connectivity index (χ4n) is 9.10. The molecule has 0 saturated heterocycles. The Balaban J connectivity index is 0.000000257. The Morgan fingerprint density at radius 3 is 1.95 bits per heavy atom. The second-order valence-electron chi connectivity index (χ2n) is 19.0. The van der Waals surface area contributed by atoms with E-state index < -0.39 is 8.07 Å². The Hall–Kier alpha value is -6.43. The molecule has 8 aromatic carbocycles. The van der Waals surface area contributed by atoms with E-state index in [0.717, 1.165) is 61.0 Å². The molecule has 0 aliphatic rings. The average Bonchev–Trinajstić information content (AvgIpc) is 3.90. The Morgan fingerprint density at radius 1 is 0.591 bits per heavy atom. The average molecular weight is 1050 g/mol. The molecule has 0 amide bonds. The van der Waals surface area contributed by atoms with Gasteiger partial charge in [-0.2, -0.15) is 0 Å². The molecule has 1 radical (unpaired) electrons. The van der Waals surface area contributed by atoms with Crippen molar-refractivity contribution >= 4 is 67.8 Å². The Morgan fingerprint density at radius 2 is 1.26 bits per heavy atom. The first-order chi connectivity index (χ1) is 31.4. The minimum absolute atomic E-state index is 0. The van der Waals surface area contributed by atoms with Gasteiger partial charge in [0.15, 0.2) is 0 Å². The van der Waals surface area contributed by atoms with Gasteiger partial charge in [0.05, 0.1) is 30.5 Å². The quantitative estimate of drug-likeness (QED) is 0.0908.